The fourth-order valence-electron chi connectivity index (χ4n) is 3.10. The molecule has 29 heavy (non-hydrogen) atoms. The average Bonchev–Trinajstić information content (AvgIpc) is 3.26. The van der Waals surface area contributed by atoms with Crippen LogP contribution in [-0.4, -0.2) is 22.5 Å². The Balaban J connectivity index is 1.59. The minimum absolute atomic E-state index is 0.00654. The Morgan fingerprint density at radius 3 is 2.34 bits per heavy atom. The molecule has 2 aromatic carbocycles. The van der Waals surface area contributed by atoms with Crippen molar-refractivity contribution in [3.8, 4) is 11.3 Å². The molecule has 2 heterocycles. The molecule has 2 N–H and O–H groups in total. The van der Waals surface area contributed by atoms with E-state index < -0.39 is 11.7 Å². The van der Waals surface area contributed by atoms with Crippen molar-refractivity contribution in [3.63, 3.8) is 0 Å². The molecular weight excluding hydrogens is 399 g/mol. The third-order valence-corrected chi connectivity index (χ3v) is 5.53. The van der Waals surface area contributed by atoms with E-state index in [2.05, 4.69) is 4.98 Å². The molecule has 0 saturated heterocycles. The molecule has 0 radical (unpaired) electrons. The Bertz CT molecular complexity index is 1100. The number of anilines is 1. The first-order valence-corrected chi connectivity index (χ1v) is 9.61. The van der Waals surface area contributed by atoms with Crippen LogP contribution in [0.2, 0.25) is 0 Å². The Morgan fingerprint density at radius 2 is 1.72 bits per heavy atom. The van der Waals surface area contributed by atoms with E-state index in [0.717, 1.165) is 29.0 Å². The molecule has 0 aliphatic carbocycles. The van der Waals surface area contributed by atoms with E-state index in [-0.39, 0.29) is 18.1 Å². The lowest BCUT2D eigenvalue weighted by atomic mass is 10.1. The second-order valence-corrected chi connectivity index (χ2v) is 7.56. The van der Waals surface area contributed by atoms with Crippen molar-refractivity contribution in [1.29, 1.82) is 5.41 Å². The van der Waals surface area contributed by atoms with Gasteiger partial charge in [-0.25, -0.2) is 4.98 Å². The van der Waals surface area contributed by atoms with E-state index in [1.165, 1.54) is 28.4 Å². The van der Waals surface area contributed by atoms with Gasteiger partial charge in [-0.1, -0.05) is 29.8 Å². The fourth-order valence-corrected chi connectivity index (χ4v) is 4.00. The standard InChI is InChI=1S/C21H16F3N3OS/c1-12-2-4-13(5-3-12)16-11-29-20(26-16)18-17(28)10-27(19(18)25)15-8-6-14(7-9-15)21(22,23)24/h2-9,11,25,28H,10H2,1H3. The largest absolute Gasteiger partial charge is 0.510 e. The van der Waals surface area contributed by atoms with Gasteiger partial charge in [-0.2, -0.15) is 13.2 Å². The number of nitrogens with one attached hydrogen (secondary N) is 1. The van der Waals surface area contributed by atoms with Crippen LogP contribution >= 0.6 is 11.3 Å². The van der Waals surface area contributed by atoms with E-state index in [0.29, 0.717) is 16.3 Å². The molecule has 1 aromatic heterocycles. The van der Waals surface area contributed by atoms with Crippen molar-refractivity contribution >= 4 is 28.4 Å². The van der Waals surface area contributed by atoms with Crippen molar-refractivity contribution in [1.82, 2.24) is 4.98 Å². The summed E-state index contributed by atoms with van der Waals surface area (Å²) in [7, 11) is 0. The van der Waals surface area contributed by atoms with E-state index in [1.54, 1.807) is 0 Å². The summed E-state index contributed by atoms with van der Waals surface area (Å²) in [5.41, 5.74) is 2.75. The Hall–Kier alpha value is -3.13. The third-order valence-electron chi connectivity index (χ3n) is 4.67. The molecule has 4 rings (SSSR count). The molecule has 148 valence electrons. The van der Waals surface area contributed by atoms with Crippen LogP contribution in [0.5, 0.6) is 0 Å². The first-order chi connectivity index (χ1) is 13.7. The molecule has 0 amide bonds. The van der Waals surface area contributed by atoms with Gasteiger partial charge in [-0.05, 0) is 31.2 Å². The zero-order chi connectivity index (χ0) is 20.8. The van der Waals surface area contributed by atoms with Crippen molar-refractivity contribution in [3.05, 3.63) is 75.8 Å². The van der Waals surface area contributed by atoms with Gasteiger partial charge in [0, 0.05) is 16.6 Å². The highest BCUT2D eigenvalue weighted by Crippen LogP contribution is 2.36. The number of aliphatic hydroxyl groups is 1. The van der Waals surface area contributed by atoms with Gasteiger partial charge in [0.2, 0.25) is 0 Å². The molecule has 0 saturated carbocycles. The molecule has 1 aliphatic heterocycles. The third kappa shape index (κ3) is 3.63. The van der Waals surface area contributed by atoms with Crippen LogP contribution in [0.15, 0.2) is 59.7 Å². The number of aliphatic hydroxyl groups excluding tert-OH is 1. The van der Waals surface area contributed by atoms with Gasteiger partial charge in [0.15, 0.2) is 0 Å². The average molecular weight is 415 g/mol. The molecule has 0 fully saturated rings. The Kier molecular flexibility index (Phi) is 4.66. The molecule has 0 atom stereocenters. The Labute approximate surface area is 169 Å². The van der Waals surface area contributed by atoms with Crippen LogP contribution in [0.1, 0.15) is 16.1 Å². The quantitative estimate of drug-likeness (QED) is 0.560. The summed E-state index contributed by atoms with van der Waals surface area (Å²) in [4.78, 5) is 6.01. The number of nitrogens with zero attached hydrogens (tertiary/aromatic N) is 2. The summed E-state index contributed by atoms with van der Waals surface area (Å²) in [5.74, 6) is -0.0215. The van der Waals surface area contributed by atoms with Crippen molar-refractivity contribution in [2.24, 2.45) is 0 Å². The SMILES string of the molecule is Cc1ccc(-c2csc(C3=C(O)CN(c4ccc(C(F)(F)F)cc4)C3=N)n2)cc1. The highest BCUT2D eigenvalue weighted by atomic mass is 32.1. The number of amidine groups is 1. The summed E-state index contributed by atoms with van der Waals surface area (Å²) in [6, 6.07) is 12.4. The van der Waals surface area contributed by atoms with E-state index in [9.17, 15) is 18.3 Å². The topological polar surface area (TPSA) is 60.2 Å². The van der Waals surface area contributed by atoms with Gasteiger partial charge in [0.05, 0.1) is 23.4 Å². The predicted molar refractivity (Wildman–Crippen MR) is 108 cm³/mol. The van der Waals surface area contributed by atoms with Crippen LogP contribution in [0.4, 0.5) is 18.9 Å². The molecule has 0 bridgehead atoms. The molecule has 0 unspecified atom stereocenters. The molecule has 8 heteroatoms. The number of aryl methyl sites for hydroxylation is 1. The number of hydrogen-bond acceptors (Lipinski definition) is 4. The number of rotatable bonds is 3. The summed E-state index contributed by atoms with van der Waals surface area (Å²) >= 11 is 1.31. The van der Waals surface area contributed by atoms with Crippen molar-refractivity contribution < 1.29 is 18.3 Å². The monoisotopic (exact) mass is 415 g/mol. The van der Waals surface area contributed by atoms with Gasteiger partial charge in [0.25, 0.3) is 0 Å². The maximum atomic E-state index is 12.8. The summed E-state index contributed by atoms with van der Waals surface area (Å²) < 4.78 is 38.3. The van der Waals surface area contributed by atoms with Crippen LogP contribution < -0.4 is 4.90 Å². The minimum Gasteiger partial charge on any atom is -0.510 e. The highest BCUT2D eigenvalue weighted by Gasteiger charge is 2.33. The van der Waals surface area contributed by atoms with Crippen LogP contribution in [0.25, 0.3) is 16.8 Å². The highest BCUT2D eigenvalue weighted by molar-refractivity contribution is 7.11. The van der Waals surface area contributed by atoms with Gasteiger partial charge >= 0.3 is 6.18 Å². The predicted octanol–water partition coefficient (Wildman–Crippen LogP) is 5.90. The molecule has 0 spiro atoms. The molecular formula is C21H16F3N3OS. The zero-order valence-corrected chi connectivity index (χ0v) is 16.1. The molecule has 3 aromatic rings. The van der Waals surface area contributed by atoms with E-state index >= 15 is 0 Å². The lowest BCUT2D eigenvalue weighted by Gasteiger charge is -2.19. The van der Waals surface area contributed by atoms with Crippen LogP contribution in [0.3, 0.4) is 0 Å². The first kappa shape index (κ1) is 19.2. The zero-order valence-electron chi connectivity index (χ0n) is 15.3. The van der Waals surface area contributed by atoms with E-state index in [4.69, 9.17) is 5.41 Å². The maximum absolute atomic E-state index is 12.8. The summed E-state index contributed by atoms with van der Waals surface area (Å²) in [6.07, 6.45) is -4.42. The summed E-state index contributed by atoms with van der Waals surface area (Å²) in [5, 5.41) is 21.2. The number of halogens is 3. The first-order valence-electron chi connectivity index (χ1n) is 8.73. The second kappa shape index (κ2) is 7.04. The van der Waals surface area contributed by atoms with Gasteiger partial charge in [-0.3, -0.25) is 5.41 Å². The smallest absolute Gasteiger partial charge is 0.416 e. The van der Waals surface area contributed by atoms with Gasteiger partial charge in [-0.15, -0.1) is 11.3 Å². The normalized spacial score (nSPS) is 14.8. The summed E-state index contributed by atoms with van der Waals surface area (Å²) in [6.45, 7) is 2.01. The minimum atomic E-state index is -4.42. The lowest BCUT2D eigenvalue weighted by Crippen LogP contribution is -2.26. The van der Waals surface area contributed by atoms with Gasteiger partial charge in [0.1, 0.15) is 16.6 Å². The number of alkyl halides is 3. The molecule has 1 aliphatic rings. The van der Waals surface area contributed by atoms with Crippen molar-refractivity contribution in [2.75, 3.05) is 11.4 Å². The van der Waals surface area contributed by atoms with Crippen LogP contribution in [-0.2, 0) is 6.18 Å². The van der Waals surface area contributed by atoms with Gasteiger partial charge < -0.3 is 10.0 Å². The number of thiazole rings is 1. The second-order valence-electron chi connectivity index (χ2n) is 6.71. The van der Waals surface area contributed by atoms with Crippen molar-refractivity contribution in [2.45, 2.75) is 13.1 Å². The Morgan fingerprint density at radius 1 is 1.07 bits per heavy atom. The van der Waals surface area contributed by atoms with Crippen LogP contribution in [0, 0.1) is 12.3 Å². The number of benzene rings is 2. The maximum Gasteiger partial charge on any atom is 0.416 e. The fraction of sp³-hybridized carbons (Fsp3) is 0.143. The van der Waals surface area contributed by atoms with E-state index in [1.807, 2.05) is 36.6 Å². The number of hydrogen-bond donors (Lipinski definition) is 2. The number of aromatic nitrogens is 1. The lowest BCUT2D eigenvalue weighted by molar-refractivity contribution is -0.137. The molecule has 4 nitrogen and oxygen atoms in total.